The van der Waals surface area contributed by atoms with Gasteiger partial charge in [-0.2, -0.15) is 0 Å². The average Bonchev–Trinajstić information content (AvgIpc) is 3.11. The first-order chi connectivity index (χ1) is 13.1. The third-order valence-corrected chi connectivity index (χ3v) is 5.66. The van der Waals surface area contributed by atoms with E-state index in [1.54, 1.807) is 0 Å². The van der Waals surface area contributed by atoms with Gasteiger partial charge in [0.15, 0.2) is 6.10 Å². The number of carbonyl (C=O) groups excluding carboxylic acids is 1. The van der Waals surface area contributed by atoms with Crippen LogP contribution in [0.25, 0.3) is 21.7 Å². The lowest BCUT2D eigenvalue weighted by Crippen LogP contribution is -2.10. The summed E-state index contributed by atoms with van der Waals surface area (Å²) in [5, 5.41) is 3.69. The molecule has 0 bridgehead atoms. The number of para-hydroxylation sites is 1. The molecule has 3 nitrogen and oxygen atoms in total. The Hall–Kier alpha value is -2.43. The van der Waals surface area contributed by atoms with Crippen LogP contribution in [0.2, 0.25) is 5.02 Å². The molecule has 1 atom stereocenters. The Morgan fingerprint density at radius 2 is 1.81 bits per heavy atom. The summed E-state index contributed by atoms with van der Waals surface area (Å²) in [6.45, 7) is 1.81. The smallest absolute Gasteiger partial charge is 0.316 e. The zero-order valence-electron chi connectivity index (χ0n) is 14.6. The summed E-state index contributed by atoms with van der Waals surface area (Å²) in [4.78, 5) is 13.3. The molecule has 0 aliphatic heterocycles. The fourth-order valence-corrected chi connectivity index (χ4v) is 4.24. The third-order valence-electron chi connectivity index (χ3n) is 4.31. The van der Waals surface area contributed by atoms with E-state index in [0.717, 1.165) is 26.6 Å². The predicted molar refractivity (Wildman–Crippen MR) is 110 cm³/mol. The first-order valence-electron chi connectivity index (χ1n) is 8.60. The van der Waals surface area contributed by atoms with Gasteiger partial charge >= 0.3 is 5.97 Å². The van der Waals surface area contributed by atoms with Crippen LogP contribution < -0.4 is 0 Å². The van der Waals surface area contributed by atoms with E-state index < -0.39 is 6.10 Å². The highest BCUT2D eigenvalue weighted by atomic mass is 35.5. The van der Waals surface area contributed by atoms with Crippen LogP contribution in [0, 0.1) is 0 Å². The van der Waals surface area contributed by atoms with E-state index in [1.165, 1.54) is 11.8 Å². The van der Waals surface area contributed by atoms with Gasteiger partial charge in [0.25, 0.3) is 0 Å². The summed E-state index contributed by atoms with van der Waals surface area (Å²) in [6, 6.07) is 21.4. The van der Waals surface area contributed by atoms with Crippen molar-refractivity contribution >= 4 is 51.1 Å². The molecule has 0 amide bonds. The van der Waals surface area contributed by atoms with Crippen LogP contribution in [0.4, 0.5) is 0 Å². The van der Waals surface area contributed by atoms with Gasteiger partial charge in [-0.05, 0) is 36.6 Å². The molecule has 27 heavy (non-hydrogen) atoms. The molecule has 0 aliphatic rings. The lowest BCUT2D eigenvalue weighted by Gasteiger charge is -2.11. The van der Waals surface area contributed by atoms with Crippen LogP contribution in [0.15, 0.2) is 76.0 Å². The molecule has 5 heteroatoms. The lowest BCUT2D eigenvalue weighted by molar-refractivity contribution is -0.146. The summed E-state index contributed by atoms with van der Waals surface area (Å²) in [6.07, 6.45) is -0.443. The quantitative estimate of drug-likeness (QED) is 0.280. The van der Waals surface area contributed by atoms with Gasteiger partial charge in [-0.1, -0.05) is 54.1 Å². The van der Waals surface area contributed by atoms with Crippen molar-refractivity contribution in [2.45, 2.75) is 17.9 Å². The van der Waals surface area contributed by atoms with Crippen LogP contribution in [0.5, 0.6) is 0 Å². The van der Waals surface area contributed by atoms with Gasteiger partial charge < -0.3 is 9.15 Å². The molecule has 0 saturated heterocycles. The van der Waals surface area contributed by atoms with Gasteiger partial charge in [-0.25, -0.2) is 0 Å². The Morgan fingerprint density at radius 3 is 2.63 bits per heavy atom. The van der Waals surface area contributed by atoms with Crippen molar-refractivity contribution in [2.24, 2.45) is 0 Å². The van der Waals surface area contributed by atoms with E-state index in [9.17, 15) is 4.79 Å². The Bertz CT molecular complexity index is 1080. The number of benzene rings is 3. The van der Waals surface area contributed by atoms with Crippen molar-refractivity contribution in [1.82, 2.24) is 0 Å². The van der Waals surface area contributed by atoms with Gasteiger partial charge in [-0.3, -0.25) is 4.79 Å². The summed E-state index contributed by atoms with van der Waals surface area (Å²) >= 11 is 7.76. The number of furan rings is 1. The number of esters is 1. The maximum atomic E-state index is 12.3. The van der Waals surface area contributed by atoms with E-state index in [0.29, 0.717) is 10.8 Å². The second kappa shape index (κ2) is 7.67. The molecule has 0 spiro atoms. The number of rotatable bonds is 5. The Labute approximate surface area is 166 Å². The molecule has 1 heterocycles. The minimum atomic E-state index is -0.443. The van der Waals surface area contributed by atoms with Crippen molar-refractivity contribution in [3.05, 3.63) is 77.5 Å². The molecule has 1 unspecified atom stereocenters. The van der Waals surface area contributed by atoms with Crippen LogP contribution in [0.1, 0.15) is 18.8 Å². The number of hydrogen-bond acceptors (Lipinski definition) is 4. The van der Waals surface area contributed by atoms with E-state index in [1.807, 2.05) is 73.7 Å². The maximum Gasteiger partial charge on any atom is 0.316 e. The van der Waals surface area contributed by atoms with E-state index in [4.69, 9.17) is 20.8 Å². The molecule has 3 aromatic carbocycles. The molecule has 1 aromatic heterocycles. The summed E-state index contributed by atoms with van der Waals surface area (Å²) in [5.74, 6) is 0.550. The highest BCUT2D eigenvalue weighted by Gasteiger charge is 2.17. The zero-order chi connectivity index (χ0) is 18.8. The fraction of sp³-hybridized carbons (Fsp3) is 0.136. The predicted octanol–water partition coefficient (Wildman–Crippen LogP) is 6.64. The van der Waals surface area contributed by atoms with E-state index in [-0.39, 0.29) is 11.7 Å². The normalized spacial score (nSPS) is 12.4. The Kier molecular flexibility index (Phi) is 5.10. The van der Waals surface area contributed by atoms with Crippen molar-refractivity contribution in [1.29, 1.82) is 0 Å². The molecule has 4 rings (SSSR count). The molecule has 136 valence electrons. The minimum absolute atomic E-state index is 0.203. The third kappa shape index (κ3) is 3.82. The van der Waals surface area contributed by atoms with Crippen LogP contribution >= 0.6 is 23.4 Å². The molecule has 0 aliphatic carbocycles. The maximum absolute atomic E-state index is 12.3. The van der Waals surface area contributed by atoms with Gasteiger partial charge in [0.2, 0.25) is 0 Å². The van der Waals surface area contributed by atoms with Crippen molar-refractivity contribution in [3.8, 4) is 0 Å². The Balaban J connectivity index is 1.44. The fourth-order valence-electron chi connectivity index (χ4n) is 3.01. The van der Waals surface area contributed by atoms with Gasteiger partial charge in [-0.15, -0.1) is 11.8 Å². The Morgan fingerprint density at radius 1 is 1.07 bits per heavy atom. The lowest BCUT2D eigenvalue weighted by atomic mass is 10.1. The van der Waals surface area contributed by atoms with E-state index in [2.05, 4.69) is 0 Å². The van der Waals surface area contributed by atoms with Crippen LogP contribution in [-0.2, 0) is 9.53 Å². The average molecular weight is 397 g/mol. The van der Waals surface area contributed by atoms with Crippen molar-refractivity contribution < 1.29 is 13.9 Å². The van der Waals surface area contributed by atoms with Gasteiger partial charge in [0, 0.05) is 20.7 Å². The standard InChI is InChI=1S/C22H17ClO3S/c1-14(19-12-16-6-2-3-10-18(16)26-19)25-21(24)13-27-20-11-5-8-15-7-4-9-17(23)22(15)20/h2-12,14H,13H2,1H3. The van der Waals surface area contributed by atoms with E-state index >= 15 is 0 Å². The van der Waals surface area contributed by atoms with Crippen LogP contribution in [-0.4, -0.2) is 11.7 Å². The topological polar surface area (TPSA) is 39.4 Å². The number of thioether (sulfide) groups is 1. The largest absolute Gasteiger partial charge is 0.457 e. The molecule has 0 N–H and O–H groups in total. The second-order valence-electron chi connectivity index (χ2n) is 6.20. The molecular weight excluding hydrogens is 380 g/mol. The molecule has 0 fully saturated rings. The highest BCUT2D eigenvalue weighted by molar-refractivity contribution is 8.00. The van der Waals surface area contributed by atoms with Gasteiger partial charge in [0.05, 0.1) is 5.75 Å². The molecule has 0 saturated carbocycles. The SMILES string of the molecule is CC(OC(=O)CSc1cccc2cccc(Cl)c12)c1cc2ccccc2o1. The number of carbonyl (C=O) groups is 1. The number of ether oxygens (including phenoxy) is 1. The zero-order valence-corrected chi connectivity index (χ0v) is 16.2. The molecule has 0 radical (unpaired) electrons. The molecule has 4 aromatic rings. The number of hydrogen-bond donors (Lipinski definition) is 0. The summed E-state index contributed by atoms with van der Waals surface area (Å²) in [7, 11) is 0. The monoisotopic (exact) mass is 396 g/mol. The summed E-state index contributed by atoms with van der Waals surface area (Å²) in [5.41, 5.74) is 0.787. The van der Waals surface area contributed by atoms with Gasteiger partial charge in [0.1, 0.15) is 11.3 Å². The highest BCUT2D eigenvalue weighted by Crippen LogP contribution is 2.33. The summed E-state index contributed by atoms with van der Waals surface area (Å²) < 4.78 is 11.3. The van der Waals surface area contributed by atoms with Crippen molar-refractivity contribution in [2.75, 3.05) is 5.75 Å². The molecular formula is C22H17ClO3S. The number of halogens is 1. The van der Waals surface area contributed by atoms with Crippen LogP contribution in [0.3, 0.4) is 0 Å². The minimum Gasteiger partial charge on any atom is -0.457 e. The first-order valence-corrected chi connectivity index (χ1v) is 9.96. The second-order valence-corrected chi connectivity index (χ2v) is 7.63. The first kappa shape index (κ1) is 18.0. The number of fused-ring (bicyclic) bond motifs is 2. The van der Waals surface area contributed by atoms with Crippen molar-refractivity contribution in [3.63, 3.8) is 0 Å².